The molecule has 2 aromatic heterocycles. The van der Waals surface area contributed by atoms with E-state index in [0.29, 0.717) is 11.3 Å². The zero-order valence-corrected chi connectivity index (χ0v) is 20.0. The maximum Gasteiger partial charge on any atom is 0.206 e. The number of aryl methyl sites for hydroxylation is 1. The maximum absolute atomic E-state index is 9.95. The van der Waals surface area contributed by atoms with Crippen LogP contribution in [-0.4, -0.2) is 9.13 Å². The van der Waals surface area contributed by atoms with Gasteiger partial charge in [0.15, 0.2) is 0 Å². The van der Waals surface area contributed by atoms with Crippen LogP contribution in [0.5, 0.6) is 0 Å². The predicted octanol–water partition coefficient (Wildman–Crippen LogP) is 8.49. The van der Waals surface area contributed by atoms with Crippen LogP contribution in [0.3, 0.4) is 0 Å². The van der Waals surface area contributed by atoms with Gasteiger partial charge in [-0.15, -0.1) is 0 Å². The minimum Gasteiger partial charge on any atom is -0.308 e. The SMILES string of the molecule is [C-]#[N+]c1cc(-n2c3ccccc3c3ccccc32)c(-n2c(/C=C\C)c(C)c3ccccc32)cc1C#N. The van der Waals surface area contributed by atoms with E-state index in [1.165, 1.54) is 5.56 Å². The molecule has 170 valence electrons. The van der Waals surface area contributed by atoms with Crippen LogP contribution in [0.1, 0.15) is 23.7 Å². The molecule has 4 nitrogen and oxygen atoms in total. The molecule has 6 rings (SSSR count). The van der Waals surface area contributed by atoms with Crippen molar-refractivity contribution in [1.29, 1.82) is 5.26 Å². The summed E-state index contributed by atoms with van der Waals surface area (Å²) in [6, 6.07) is 31.0. The molecule has 4 heteroatoms. The standard InChI is InChI=1S/C32H22N4/c1-4-11-27-21(2)23-12-5-8-15-28(23)35(27)31-18-22(20-33)26(34-3)19-32(31)36-29-16-9-6-13-24(29)25-14-7-10-17-30(25)36/h4-19H,1-2H3/b11-4-. The van der Waals surface area contributed by atoms with Gasteiger partial charge in [-0.2, -0.15) is 5.26 Å². The third-order valence-corrected chi connectivity index (χ3v) is 6.89. The summed E-state index contributed by atoms with van der Waals surface area (Å²) in [4.78, 5) is 3.72. The van der Waals surface area contributed by atoms with Crippen LogP contribution in [0, 0.1) is 24.8 Å². The van der Waals surface area contributed by atoms with Crippen LogP contribution in [0.25, 0.3) is 55.0 Å². The first kappa shape index (κ1) is 21.5. The highest BCUT2D eigenvalue weighted by molar-refractivity contribution is 6.09. The molecule has 36 heavy (non-hydrogen) atoms. The zero-order chi connectivity index (χ0) is 24.8. The number of para-hydroxylation sites is 3. The van der Waals surface area contributed by atoms with Crippen molar-refractivity contribution in [1.82, 2.24) is 9.13 Å². The Hall–Kier alpha value is -5.06. The second-order valence-electron chi connectivity index (χ2n) is 8.81. The van der Waals surface area contributed by atoms with Gasteiger partial charge in [0.1, 0.15) is 0 Å². The zero-order valence-electron chi connectivity index (χ0n) is 20.0. The van der Waals surface area contributed by atoms with E-state index in [2.05, 4.69) is 87.6 Å². The van der Waals surface area contributed by atoms with Crippen molar-refractivity contribution in [3.05, 3.63) is 119 Å². The van der Waals surface area contributed by atoms with Gasteiger partial charge in [-0.1, -0.05) is 60.7 Å². The van der Waals surface area contributed by atoms with Crippen LogP contribution in [0.15, 0.2) is 91.0 Å². The minimum absolute atomic E-state index is 0.346. The van der Waals surface area contributed by atoms with Crippen LogP contribution in [0.4, 0.5) is 5.69 Å². The Morgan fingerprint density at radius 2 is 1.31 bits per heavy atom. The molecule has 4 aromatic carbocycles. The lowest BCUT2D eigenvalue weighted by Gasteiger charge is -2.19. The molecule has 0 aliphatic rings. The van der Waals surface area contributed by atoms with Crippen molar-refractivity contribution >= 4 is 44.5 Å². The number of fused-ring (bicyclic) bond motifs is 4. The van der Waals surface area contributed by atoms with Crippen LogP contribution in [-0.2, 0) is 0 Å². The fourth-order valence-electron chi connectivity index (χ4n) is 5.33. The average molecular weight is 463 g/mol. The molecule has 0 amide bonds. The summed E-state index contributed by atoms with van der Waals surface area (Å²) in [7, 11) is 0. The molecule has 6 aromatic rings. The molecule has 0 fully saturated rings. The molecule has 0 bridgehead atoms. The van der Waals surface area contributed by atoms with Crippen LogP contribution >= 0.6 is 0 Å². The van der Waals surface area contributed by atoms with Gasteiger partial charge >= 0.3 is 0 Å². The molecule has 0 N–H and O–H groups in total. The van der Waals surface area contributed by atoms with E-state index < -0.39 is 0 Å². The first-order chi connectivity index (χ1) is 17.7. The lowest BCUT2D eigenvalue weighted by molar-refractivity contribution is 1.05. The molecule has 0 atom stereocenters. The summed E-state index contributed by atoms with van der Waals surface area (Å²) < 4.78 is 4.44. The van der Waals surface area contributed by atoms with E-state index in [9.17, 15) is 5.26 Å². The van der Waals surface area contributed by atoms with E-state index in [0.717, 1.165) is 49.8 Å². The number of nitriles is 1. The third-order valence-electron chi connectivity index (χ3n) is 6.89. The second-order valence-corrected chi connectivity index (χ2v) is 8.81. The minimum atomic E-state index is 0.346. The molecule has 0 saturated carbocycles. The van der Waals surface area contributed by atoms with E-state index in [1.807, 2.05) is 43.3 Å². The molecule has 0 saturated heterocycles. The molecule has 0 aliphatic carbocycles. The monoisotopic (exact) mass is 462 g/mol. The van der Waals surface area contributed by atoms with Crippen molar-refractivity contribution < 1.29 is 0 Å². The largest absolute Gasteiger partial charge is 0.308 e. The summed E-state index contributed by atoms with van der Waals surface area (Å²) in [6.07, 6.45) is 4.15. The van der Waals surface area contributed by atoms with Gasteiger partial charge in [-0.3, -0.25) is 0 Å². The molecule has 0 aliphatic heterocycles. The summed E-state index contributed by atoms with van der Waals surface area (Å²) in [5.74, 6) is 0. The molecule has 0 unspecified atom stereocenters. The molecule has 0 spiro atoms. The number of benzene rings is 4. The number of hydrogen-bond donors (Lipinski definition) is 0. The van der Waals surface area contributed by atoms with Gasteiger partial charge in [0.25, 0.3) is 0 Å². The highest BCUT2D eigenvalue weighted by Gasteiger charge is 2.21. The number of allylic oxidation sites excluding steroid dienone is 1. The van der Waals surface area contributed by atoms with Crippen molar-refractivity contribution in [3.63, 3.8) is 0 Å². The molecular formula is C32H22N4. The summed E-state index contributed by atoms with van der Waals surface area (Å²) in [5.41, 5.74) is 7.84. The van der Waals surface area contributed by atoms with Gasteiger partial charge < -0.3 is 9.13 Å². The Kier molecular flexibility index (Phi) is 4.95. The van der Waals surface area contributed by atoms with Gasteiger partial charge in [-0.05, 0) is 55.8 Å². The Bertz CT molecular complexity index is 1880. The summed E-state index contributed by atoms with van der Waals surface area (Å²) >= 11 is 0. The Morgan fingerprint density at radius 1 is 0.778 bits per heavy atom. The first-order valence-corrected chi connectivity index (χ1v) is 11.8. The number of nitrogens with zero attached hydrogens (tertiary/aromatic N) is 4. The Labute approximate surface area is 209 Å². The summed E-state index contributed by atoms with van der Waals surface area (Å²) in [5, 5.41) is 13.4. The fourth-order valence-corrected chi connectivity index (χ4v) is 5.33. The van der Waals surface area contributed by atoms with Crippen molar-refractivity contribution in [2.24, 2.45) is 0 Å². The van der Waals surface area contributed by atoms with Gasteiger partial charge in [0.05, 0.1) is 46.1 Å². The van der Waals surface area contributed by atoms with E-state index in [-0.39, 0.29) is 0 Å². The number of hydrogen-bond acceptors (Lipinski definition) is 1. The normalized spacial score (nSPS) is 11.4. The predicted molar refractivity (Wildman–Crippen MR) is 148 cm³/mol. The second kappa shape index (κ2) is 8.31. The molecule has 0 radical (unpaired) electrons. The Morgan fingerprint density at radius 3 is 1.86 bits per heavy atom. The third kappa shape index (κ3) is 2.99. The van der Waals surface area contributed by atoms with Crippen LogP contribution < -0.4 is 0 Å². The maximum atomic E-state index is 9.95. The van der Waals surface area contributed by atoms with E-state index in [1.54, 1.807) is 0 Å². The van der Waals surface area contributed by atoms with E-state index in [4.69, 9.17) is 6.57 Å². The first-order valence-electron chi connectivity index (χ1n) is 11.8. The fraction of sp³-hybridized carbons (Fsp3) is 0.0625. The molecular weight excluding hydrogens is 440 g/mol. The van der Waals surface area contributed by atoms with Crippen LogP contribution in [0.2, 0.25) is 0 Å². The smallest absolute Gasteiger partial charge is 0.206 e. The van der Waals surface area contributed by atoms with Gasteiger partial charge in [0.2, 0.25) is 5.69 Å². The quantitative estimate of drug-likeness (QED) is 0.243. The number of rotatable bonds is 3. The van der Waals surface area contributed by atoms with E-state index >= 15 is 0 Å². The van der Waals surface area contributed by atoms with Crippen molar-refractivity contribution in [2.75, 3.05) is 0 Å². The highest BCUT2D eigenvalue weighted by Crippen LogP contribution is 2.39. The highest BCUT2D eigenvalue weighted by atomic mass is 15.1. The lowest BCUT2D eigenvalue weighted by atomic mass is 10.1. The van der Waals surface area contributed by atoms with Crippen molar-refractivity contribution in [2.45, 2.75) is 13.8 Å². The number of aromatic nitrogens is 2. The van der Waals surface area contributed by atoms with Gasteiger partial charge in [0, 0.05) is 21.9 Å². The molecule has 2 heterocycles. The van der Waals surface area contributed by atoms with Gasteiger partial charge in [-0.25, -0.2) is 4.85 Å². The summed E-state index contributed by atoms with van der Waals surface area (Å²) in [6.45, 7) is 11.9. The average Bonchev–Trinajstić information content (AvgIpc) is 3.40. The topological polar surface area (TPSA) is 38.0 Å². The van der Waals surface area contributed by atoms with Crippen molar-refractivity contribution in [3.8, 4) is 17.4 Å². The lowest BCUT2D eigenvalue weighted by Crippen LogP contribution is -2.06. The Balaban J connectivity index is 1.85.